The van der Waals surface area contributed by atoms with Gasteiger partial charge in [0.1, 0.15) is 11.8 Å². The summed E-state index contributed by atoms with van der Waals surface area (Å²) in [5.41, 5.74) is 0.0861. The number of carbonyl (C=O) groups is 3. The average molecular weight is 358 g/mol. The normalized spacial score (nSPS) is 32.9. The van der Waals surface area contributed by atoms with Gasteiger partial charge in [-0.25, -0.2) is 0 Å². The highest BCUT2D eigenvalue weighted by molar-refractivity contribution is 5.90. The summed E-state index contributed by atoms with van der Waals surface area (Å²) in [6.07, 6.45) is 8.51. The van der Waals surface area contributed by atoms with Crippen molar-refractivity contribution < 1.29 is 14.4 Å². The van der Waals surface area contributed by atoms with E-state index >= 15 is 0 Å². The number of likely N-dealkylation sites (tertiary alicyclic amines) is 1. The molecule has 1 aliphatic heterocycles. The van der Waals surface area contributed by atoms with E-state index in [0.717, 1.165) is 12.8 Å². The monoisotopic (exact) mass is 358 g/mol. The molecule has 0 aromatic carbocycles. The molecule has 5 unspecified atom stereocenters. The predicted octanol–water partition coefficient (Wildman–Crippen LogP) is 2.00. The highest BCUT2D eigenvalue weighted by Crippen LogP contribution is 2.65. The van der Waals surface area contributed by atoms with Crippen LogP contribution in [-0.4, -0.2) is 41.1 Å². The number of nitrogens with one attached hydrogen (secondary N) is 1. The lowest BCUT2D eigenvalue weighted by Gasteiger charge is -2.32. The van der Waals surface area contributed by atoms with Gasteiger partial charge in [0, 0.05) is 24.8 Å². The van der Waals surface area contributed by atoms with E-state index in [9.17, 15) is 14.4 Å². The second-order valence-electron chi connectivity index (χ2n) is 9.06. The van der Waals surface area contributed by atoms with Crippen molar-refractivity contribution in [2.45, 2.75) is 65.5 Å². The van der Waals surface area contributed by atoms with Crippen molar-refractivity contribution in [2.75, 3.05) is 6.54 Å². The maximum Gasteiger partial charge on any atom is 0.244 e. The number of nitrogens with zero attached hydrogens (tertiary/aromatic N) is 1. The maximum atomic E-state index is 13.0. The molecule has 2 saturated carbocycles. The smallest absolute Gasteiger partial charge is 0.244 e. The number of terminal acetylenes is 1. The van der Waals surface area contributed by atoms with Crippen LogP contribution in [0.25, 0.3) is 0 Å². The van der Waals surface area contributed by atoms with Crippen LogP contribution in [-0.2, 0) is 14.4 Å². The first-order valence-electron chi connectivity index (χ1n) is 9.78. The lowest BCUT2D eigenvalue weighted by Crippen LogP contribution is -2.53. The van der Waals surface area contributed by atoms with Gasteiger partial charge in [-0.1, -0.05) is 33.6 Å². The first kappa shape index (κ1) is 18.9. The molecule has 5 atom stereocenters. The number of amides is 2. The molecule has 2 aliphatic carbocycles. The van der Waals surface area contributed by atoms with E-state index in [2.05, 4.69) is 25.1 Å². The number of Topliss-reactive ketones (excluding diaryl/α,β-unsaturated/α-hetero) is 1. The van der Waals surface area contributed by atoms with Crippen molar-refractivity contribution in [3.63, 3.8) is 0 Å². The Morgan fingerprint density at radius 2 is 2.08 bits per heavy atom. The highest BCUT2D eigenvalue weighted by atomic mass is 16.2. The van der Waals surface area contributed by atoms with Gasteiger partial charge in [-0.3, -0.25) is 14.4 Å². The fraction of sp³-hybridized carbons (Fsp3) is 0.762. The quantitative estimate of drug-likeness (QED) is 0.765. The van der Waals surface area contributed by atoms with Gasteiger partial charge >= 0.3 is 0 Å². The zero-order valence-corrected chi connectivity index (χ0v) is 16.2. The topological polar surface area (TPSA) is 66.5 Å². The lowest BCUT2D eigenvalue weighted by atomic mass is 9.96. The fourth-order valence-corrected chi connectivity index (χ4v) is 4.99. The summed E-state index contributed by atoms with van der Waals surface area (Å²) in [7, 11) is 0. The Morgan fingerprint density at radius 1 is 1.38 bits per heavy atom. The number of ketones is 1. The van der Waals surface area contributed by atoms with Gasteiger partial charge < -0.3 is 10.2 Å². The Labute approximate surface area is 156 Å². The van der Waals surface area contributed by atoms with Gasteiger partial charge in [-0.15, -0.1) is 6.42 Å². The first-order valence-corrected chi connectivity index (χ1v) is 9.78. The summed E-state index contributed by atoms with van der Waals surface area (Å²) in [5.74, 6) is 3.14. The number of carbonyl (C=O) groups excluding carboxylic acids is 3. The van der Waals surface area contributed by atoms with Gasteiger partial charge in [0.05, 0.1) is 6.04 Å². The third-order valence-corrected chi connectivity index (χ3v) is 6.72. The average Bonchev–Trinajstić information content (AvgIpc) is 2.95. The molecule has 0 radical (unpaired) electrons. The predicted molar refractivity (Wildman–Crippen MR) is 98.8 cm³/mol. The zero-order valence-electron chi connectivity index (χ0n) is 16.2. The van der Waals surface area contributed by atoms with Gasteiger partial charge in [0.2, 0.25) is 11.8 Å². The molecule has 1 N–H and O–H groups in total. The lowest BCUT2D eigenvalue weighted by molar-refractivity contribution is -0.142. The van der Waals surface area contributed by atoms with Crippen LogP contribution in [0.2, 0.25) is 0 Å². The molecular formula is C21H30N2O3. The number of hydrogen-bond acceptors (Lipinski definition) is 3. The molecule has 0 aromatic rings. The standard InChI is InChI=1S/C21H30N2O3/c1-6-14(10-13-8-7-9-16(13)24)22-19(25)18-17-15(21(17,4)5)11-23(18)20(26)12(2)3/h1,12-15,17-18H,7-11H2,2-5H3,(H,22,25). The molecule has 26 heavy (non-hydrogen) atoms. The molecular weight excluding hydrogens is 328 g/mol. The molecule has 1 saturated heterocycles. The van der Waals surface area contributed by atoms with E-state index < -0.39 is 12.1 Å². The minimum Gasteiger partial charge on any atom is -0.341 e. The Kier molecular flexibility index (Phi) is 4.90. The van der Waals surface area contributed by atoms with Crippen LogP contribution in [0.1, 0.15) is 53.4 Å². The van der Waals surface area contributed by atoms with Gasteiger partial charge in [-0.2, -0.15) is 0 Å². The Bertz CT molecular complexity index is 661. The molecule has 3 rings (SSSR count). The second-order valence-corrected chi connectivity index (χ2v) is 9.06. The molecule has 5 heteroatoms. The van der Waals surface area contributed by atoms with E-state index in [-0.39, 0.29) is 40.8 Å². The van der Waals surface area contributed by atoms with Gasteiger partial charge in [0.25, 0.3) is 0 Å². The van der Waals surface area contributed by atoms with E-state index in [0.29, 0.717) is 25.3 Å². The van der Waals surface area contributed by atoms with Gasteiger partial charge in [-0.05, 0) is 36.5 Å². The van der Waals surface area contributed by atoms with Crippen LogP contribution in [0.4, 0.5) is 0 Å². The van der Waals surface area contributed by atoms with Crippen molar-refractivity contribution in [3.8, 4) is 12.3 Å². The summed E-state index contributed by atoms with van der Waals surface area (Å²) >= 11 is 0. The minimum atomic E-state index is -0.452. The molecule has 142 valence electrons. The summed E-state index contributed by atoms with van der Waals surface area (Å²) in [5, 5.41) is 2.95. The van der Waals surface area contributed by atoms with Crippen LogP contribution >= 0.6 is 0 Å². The van der Waals surface area contributed by atoms with Crippen LogP contribution in [0.3, 0.4) is 0 Å². The van der Waals surface area contributed by atoms with Gasteiger partial charge in [0.15, 0.2) is 0 Å². The highest BCUT2D eigenvalue weighted by Gasteiger charge is 2.69. The summed E-state index contributed by atoms with van der Waals surface area (Å²) in [6, 6.07) is -0.897. The van der Waals surface area contributed by atoms with Crippen molar-refractivity contribution in [2.24, 2.45) is 29.1 Å². The van der Waals surface area contributed by atoms with Crippen molar-refractivity contribution in [3.05, 3.63) is 0 Å². The summed E-state index contributed by atoms with van der Waals surface area (Å²) in [6.45, 7) is 8.70. The van der Waals surface area contributed by atoms with Crippen LogP contribution in [0.15, 0.2) is 0 Å². The van der Waals surface area contributed by atoms with Crippen molar-refractivity contribution in [1.29, 1.82) is 0 Å². The molecule has 0 aromatic heterocycles. The van der Waals surface area contributed by atoms with E-state index in [1.807, 2.05) is 13.8 Å². The van der Waals surface area contributed by atoms with Crippen molar-refractivity contribution >= 4 is 17.6 Å². The van der Waals surface area contributed by atoms with E-state index in [1.165, 1.54) is 0 Å². The largest absolute Gasteiger partial charge is 0.341 e. The number of hydrogen-bond donors (Lipinski definition) is 1. The summed E-state index contributed by atoms with van der Waals surface area (Å²) < 4.78 is 0. The molecule has 5 nitrogen and oxygen atoms in total. The van der Waals surface area contributed by atoms with E-state index in [1.54, 1.807) is 4.90 Å². The molecule has 1 heterocycles. The van der Waals surface area contributed by atoms with Crippen LogP contribution < -0.4 is 5.32 Å². The SMILES string of the molecule is C#CC(CC1CCCC1=O)NC(=O)C1C2C(CN1C(=O)C(C)C)C2(C)C. The third kappa shape index (κ3) is 3.15. The van der Waals surface area contributed by atoms with Crippen molar-refractivity contribution in [1.82, 2.24) is 10.2 Å². The maximum absolute atomic E-state index is 13.0. The Morgan fingerprint density at radius 3 is 2.62 bits per heavy atom. The molecule has 0 spiro atoms. The first-order chi connectivity index (χ1) is 12.2. The number of fused-ring (bicyclic) bond motifs is 1. The second kappa shape index (κ2) is 6.72. The zero-order chi connectivity index (χ0) is 19.2. The molecule has 0 bridgehead atoms. The molecule has 3 fully saturated rings. The van der Waals surface area contributed by atoms with Crippen LogP contribution in [0.5, 0.6) is 0 Å². The summed E-state index contributed by atoms with van der Waals surface area (Å²) in [4.78, 5) is 39.3. The van der Waals surface area contributed by atoms with E-state index in [4.69, 9.17) is 6.42 Å². The Balaban J connectivity index is 1.70. The third-order valence-electron chi connectivity index (χ3n) is 6.72. The molecule has 2 amide bonds. The molecule has 3 aliphatic rings. The van der Waals surface area contributed by atoms with Crippen LogP contribution in [0, 0.1) is 41.4 Å². The minimum absolute atomic E-state index is 0.0244. The fourth-order valence-electron chi connectivity index (χ4n) is 4.99. The number of piperidine rings is 1. The Hall–Kier alpha value is -1.83. The number of rotatable bonds is 5.